The van der Waals surface area contributed by atoms with E-state index in [1.54, 1.807) is 0 Å². The largest absolute Gasteiger partial charge is 0.324 e. The van der Waals surface area contributed by atoms with E-state index < -0.39 is 0 Å². The monoisotopic (exact) mass is 283 g/mol. The van der Waals surface area contributed by atoms with E-state index in [1.807, 2.05) is 0 Å². The van der Waals surface area contributed by atoms with Crippen LogP contribution in [0.3, 0.4) is 0 Å². The van der Waals surface area contributed by atoms with Crippen molar-refractivity contribution in [2.75, 3.05) is 26.2 Å². The summed E-state index contributed by atoms with van der Waals surface area (Å²) in [5.41, 5.74) is 0. The van der Waals surface area contributed by atoms with Crippen LogP contribution in [0, 0.1) is 6.92 Å². The van der Waals surface area contributed by atoms with Crippen LogP contribution >= 0.6 is 0 Å². The summed E-state index contributed by atoms with van der Waals surface area (Å²) in [5.74, 6) is 0. The molecule has 0 saturated heterocycles. The first-order valence-electron chi connectivity index (χ1n) is 9.39. The maximum Gasteiger partial charge on any atom is 0.0786 e. The van der Waals surface area contributed by atoms with Gasteiger partial charge in [0.25, 0.3) is 0 Å². The van der Waals surface area contributed by atoms with Gasteiger partial charge < -0.3 is 4.48 Å². The second-order valence-electron chi connectivity index (χ2n) is 6.56. The summed E-state index contributed by atoms with van der Waals surface area (Å²) in [7, 11) is 0. The van der Waals surface area contributed by atoms with Gasteiger partial charge in [0.1, 0.15) is 0 Å². The van der Waals surface area contributed by atoms with Crippen LogP contribution in [0.15, 0.2) is 0 Å². The van der Waals surface area contributed by atoms with Crippen molar-refractivity contribution in [2.45, 2.75) is 91.4 Å². The van der Waals surface area contributed by atoms with E-state index in [0.29, 0.717) is 0 Å². The molecule has 0 aromatic heterocycles. The summed E-state index contributed by atoms with van der Waals surface area (Å²) in [6, 6.07) is 0. The average molecular weight is 284 g/mol. The molecule has 0 amide bonds. The lowest BCUT2D eigenvalue weighted by Crippen LogP contribution is -2.50. The van der Waals surface area contributed by atoms with Crippen molar-refractivity contribution in [3.05, 3.63) is 6.92 Å². The van der Waals surface area contributed by atoms with E-state index in [-0.39, 0.29) is 0 Å². The van der Waals surface area contributed by atoms with Crippen molar-refractivity contribution in [3.63, 3.8) is 0 Å². The van der Waals surface area contributed by atoms with Crippen LogP contribution in [-0.4, -0.2) is 30.7 Å². The Kier molecular flexibility index (Phi) is 13.9. The zero-order chi connectivity index (χ0) is 15.1. The number of unbranched alkanes of at least 4 members (excludes halogenated alkanes) is 7. The number of quaternary nitrogens is 1. The fourth-order valence-corrected chi connectivity index (χ4v) is 3.21. The minimum atomic E-state index is 1.11. The third-order valence-electron chi connectivity index (χ3n) is 4.59. The van der Waals surface area contributed by atoms with Crippen molar-refractivity contribution >= 4 is 0 Å². The Bertz CT molecular complexity index is 162. The zero-order valence-electron chi connectivity index (χ0n) is 14.8. The van der Waals surface area contributed by atoms with Crippen LogP contribution in [0.25, 0.3) is 0 Å². The molecule has 0 bridgehead atoms. The fourth-order valence-electron chi connectivity index (χ4n) is 3.21. The molecule has 0 aliphatic carbocycles. The molecule has 20 heavy (non-hydrogen) atoms. The number of rotatable bonds is 15. The van der Waals surface area contributed by atoms with E-state index >= 15 is 0 Å². The normalized spacial score (nSPS) is 12.0. The molecule has 0 N–H and O–H groups in total. The Hall–Kier alpha value is -0.0400. The third kappa shape index (κ3) is 9.80. The highest BCUT2D eigenvalue weighted by Crippen LogP contribution is 2.17. The zero-order valence-corrected chi connectivity index (χ0v) is 14.8. The summed E-state index contributed by atoms with van der Waals surface area (Å²) >= 11 is 0. The van der Waals surface area contributed by atoms with Crippen molar-refractivity contribution in [1.82, 2.24) is 0 Å². The van der Waals surface area contributed by atoms with Gasteiger partial charge in [-0.05, 0) is 51.4 Å². The van der Waals surface area contributed by atoms with Gasteiger partial charge in [0.2, 0.25) is 0 Å². The smallest absolute Gasteiger partial charge is 0.0786 e. The predicted molar refractivity (Wildman–Crippen MR) is 92.9 cm³/mol. The van der Waals surface area contributed by atoms with E-state index in [0.717, 1.165) is 6.42 Å². The fraction of sp³-hybridized carbons (Fsp3) is 0.947. The summed E-state index contributed by atoms with van der Waals surface area (Å²) in [5, 5.41) is 0. The molecule has 1 radical (unpaired) electrons. The van der Waals surface area contributed by atoms with Crippen molar-refractivity contribution < 1.29 is 4.48 Å². The number of hydrogen-bond donors (Lipinski definition) is 0. The molecule has 0 fully saturated rings. The van der Waals surface area contributed by atoms with Crippen molar-refractivity contribution in [2.24, 2.45) is 0 Å². The maximum atomic E-state index is 4.07. The van der Waals surface area contributed by atoms with Gasteiger partial charge in [-0.2, -0.15) is 0 Å². The summed E-state index contributed by atoms with van der Waals surface area (Å²) in [4.78, 5) is 0. The van der Waals surface area contributed by atoms with E-state index in [4.69, 9.17) is 0 Å². The molecule has 0 aromatic rings. The molecule has 0 aliphatic heterocycles. The molecule has 0 atom stereocenters. The van der Waals surface area contributed by atoms with Crippen LogP contribution < -0.4 is 0 Å². The van der Waals surface area contributed by atoms with Gasteiger partial charge in [0.15, 0.2) is 0 Å². The molecular weight excluding hydrogens is 242 g/mol. The molecule has 0 saturated carbocycles. The molecule has 0 unspecified atom stereocenters. The van der Waals surface area contributed by atoms with Crippen LogP contribution in [-0.2, 0) is 0 Å². The van der Waals surface area contributed by atoms with E-state index in [2.05, 4.69) is 27.7 Å². The highest BCUT2D eigenvalue weighted by atomic mass is 15.3. The highest BCUT2D eigenvalue weighted by molar-refractivity contribution is 4.52. The highest BCUT2D eigenvalue weighted by Gasteiger charge is 2.25. The predicted octanol–water partition coefficient (Wildman–Crippen LogP) is 5.99. The molecule has 0 aliphatic rings. The Morgan fingerprint density at radius 2 is 0.900 bits per heavy atom. The van der Waals surface area contributed by atoms with Crippen LogP contribution in [0.4, 0.5) is 0 Å². The summed E-state index contributed by atoms with van der Waals surface area (Å²) < 4.78 is 1.40. The Morgan fingerprint density at radius 1 is 0.550 bits per heavy atom. The second kappa shape index (κ2) is 13.9. The van der Waals surface area contributed by atoms with Crippen LogP contribution in [0.2, 0.25) is 0 Å². The summed E-state index contributed by atoms with van der Waals surface area (Å²) in [6.45, 7) is 16.7. The first-order chi connectivity index (χ1) is 9.74. The van der Waals surface area contributed by atoms with Crippen LogP contribution in [0.1, 0.15) is 91.4 Å². The molecule has 0 rings (SSSR count). The van der Waals surface area contributed by atoms with Gasteiger partial charge in [-0.3, -0.25) is 0 Å². The van der Waals surface area contributed by atoms with Crippen molar-refractivity contribution in [1.29, 1.82) is 0 Å². The Labute approximate surface area is 129 Å². The van der Waals surface area contributed by atoms with Gasteiger partial charge in [0, 0.05) is 0 Å². The minimum absolute atomic E-state index is 1.11. The van der Waals surface area contributed by atoms with Crippen molar-refractivity contribution in [3.8, 4) is 0 Å². The Balaban J connectivity index is 4.48. The minimum Gasteiger partial charge on any atom is -0.324 e. The Morgan fingerprint density at radius 3 is 1.20 bits per heavy atom. The van der Waals surface area contributed by atoms with Crippen LogP contribution in [0.5, 0.6) is 0 Å². The third-order valence-corrected chi connectivity index (χ3v) is 4.59. The molecule has 1 nitrogen and oxygen atoms in total. The maximum absolute atomic E-state index is 4.07. The molecule has 0 spiro atoms. The molecule has 0 aromatic carbocycles. The standard InChI is InChI=1S/C19H41N/c1-5-9-13-17-20(16-12-8-4,18-14-10-6-2)19-15-11-7-3/h4-19H2,1-3H3/q+1. The van der Waals surface area contributed by atoms with Gasteiger partial charge in [-0.1, -0.05) is 47.0 Å². The van der Waals surface area contributed by atoms with Gasteiger partial charge in [0.05, 0.1) is 26.2 Å². The number of hydrogen-bond acceptors (Lipinski definition) is 0. The molecule has 121 valence electrons. The average Bonchev–Trinajstić information content (AvgIpc) is 2.46. The topological polar surface area (TPSA) is 0 Å². The SMILES string of the molecule is [CH2]CCC[N+](CCCCC)(CCCCC)CCCCC. The van der Waals surface area contributed by atoms with E-state index in [9.17, 15) is 0 Å². The lowest BCUT2D eigenvalue weighted by atomic mass is 10.1. The second-order valence-corrected chi connectivity index (χ2v) is 6.56. The van der Waals surface area contributed by atoms with Gasteiger partial charge in [-0.15, -0.1) is 0 Å². The van der Waals surface area contributed by atoms with Gasteiger partial charge >= 0.3 is 0 Å². The quantitative estimate of drug-likeness (QED) is 0.256. The first kappa shape index (κ1) is 20.0. The van der Waals surface area contributed by atoms with E-state index in [1.165, 1.54) is 94.9 Å². The molecular formula is C19H41N+. The lowest BCUT2D eigenvalue weighted by Gasteiger charge is -2.39. The number of nitrogens with zero attached hydrogens (tertiary/aromatic N) is 1. The molecule has 1 heteroatoms. The summed E-state index contributed by atoms with van der Waals surface area (Å²) in [6.07, 6.45) is 14.9. The molecule has 0 heterocycles. The van der Waals surface area contributed by atoms with Gasteiger partial charge in [-0.25, -0.2) is 0 Å². The lowest BCUT2D eigenvalue weighted by molar-refractivity contribution is -0.929. The first-order valence-corrected chi connectivity index (χ1v) is 9.39.